The Hall–Kier alpha value is -4.29. The van der Waals surface area contributed by atoms with Crippen LogP contribution in [0.5, 0.6) is 17.2 Å². The van der Waals surface area contributed by atoms with Crippen molar-refractivity contribution in [3.05, 3.63) is 124 Å². The largest absolute Gasteiger partial charge is 0.493 e. The van der Waals surface area contributed by atoms with Crippen LogP contribution in [0.4, 0.5) is 0 Å². The van der Waals surface area contributed by atoms with E-state index in [0.29, 0.717) is 41.0 Å². The number of hydrogen-bond acceptors (Lipinski definition) is 5. The molecule has 0 aliphatic heterocycles. The number of carbonyl (C=O) groups excluding carboxylic acids is 1. The van der Waals surface area contributed by atoms with Crippen molar-refractivity contribution < 1.29 is 19.0 Å². The predicted molar refractivity (Wildman–Crippen MR) is 141 cm³/mol. The molecule has 0 radical (unpaired) electrons. The molecule has 6 nitrogen and oxygen atoms in total. The van der Waals surface area contributed by atoms with Gasteiger partial charge in [0.25, 0.3) is 5.91 Å². The summed E-state index contributed by atoms with van der Waals surface area (Å²) in [6.07, 6.45) is 1.57. The minimum Gasteiger partial charge on any atom is -0.493 e. The molecule has 0 saturated carbocycles. The van der Waals surface area contributed by atoms with Gasteiger partial charge in [-0.3, -0.25) is 4.79 Å². The second kappa shape index (κ2) is 12.4. The fraction of sp³-hybridized carbons (Fsp3) is 0.103. The Bertz CT molecular complexity index is 1310. The highest BCUT2D eigenvalue weighted by atomic mass is 35.5. The standard InChI is InChI=1S/C29H25ClN2O4/c1-34-28-17-23(9-16-27(28)36-19-22-5-3-2-4-6-22)20-35-26-14-7-21(8-15-26)18-31-32-29(33)24-10-12-25(30)13-11-24/h2-18H,19-20H2,1H3,(H,32,33)/b31-18+. The van der Waals surface area contributed by atoms with Crippen LogP contribution in [0.2, 0.25) is 5.02 Å². The molecule has 1 N–H and O–H groups in total. The Labute approximate surface area is 215 Å². The number of hydrogen-bond donors (Lipinski definition) is 1. The van der Waals surface area contributed by atoms with Crippen LogP contribution in [0.15, 0.2) is 102 Å². The third-order valence-corrected chi connectivity index (χ3v) is 5.49. The maximum Gasteiger partial charge on any atom is 0.271 e. The molecule has 4 aromatic rings. The van der Waals surface area contributed by atoms with Crippen molar-refractivity contribution in [2.24, 2.45) is 5.10 Å². The second-order valence-electron chi connectivity index (χ2n) is 7.82. The summed E-state index contributed by atoms with van der Waals surface area (Å²) in [6, 6.07) is 29.7. The van der Waals surface area contributed by atoms with E-state index in [0.717, 1.165) is 16.7 Å². The second-order valence-corrected chi connectivity index (χ2v) is 8.26. The molecule has 4 aromatic carbocycles. The van der Waals surface area contributed by atoms with Gasteiger partial charge in [0.1, 0.15) is 19.0 Å². The van der Waals surface area contributed by atoms with Gasteiger partial charge in [0.15, 0.2) is 11.5 Å². The zero-order valence-electron chi connectivity index (χ0n) is 19.7. The van der Waals surface area contributed by atoms with Gasteiger partial charge in [-0.2, -0.15) is 5.10 Å². The van der Waals surface area contributed by atoms with E-state index in [2.05, 4.69) is 10.5 Å². The van der Waals surface area contributed by atoms with Crippen LogP contribution in [0.1, 0.15) is 27.0 Å². The number of amides is 1. The molecule has 0 aliphatic carbocycles. The number of hydrazone groups is 1. The molecule has 0 atom stereocenters. The van der Waals surface area contributed by atoms with Crippen molar-refractivity contribution in [3.63, 3.8) is 0 Å². The summed E-state index contributed by atoms with van der Waals surface area (Å²) in [5, 5.41) is 4.57. The number of nitrogens with zero attached hydrogens (tertiary/aromatic N) is 1. The molecule has 0 saturated heterocycles. The summed E-state index contributed by atoms with van der Waals surface area (Å²) in [5.74, 6) is 1.73. The molecule has 0 heterocycles. The van der Waals surface area contributed by atoms with Crippen molar-refractivity contribution in [1.29, 1.82) is 0 Å². The fourth-order valence-electron chi connectivity index (χ4n) is 3.30. The maximum atomic E-state index is 12.1. The van der Waals surface area contributed by atoms with E-state index in [4.69, 9.17) is 25.8 Å². The topological polar surface area (TPSA) is 69.2 Å². The summed E-state index contributed by atoms with van der Waals surface area (Å²) >= 11 is 5.84. The van der Waals surface area contributed by atoms with Crippen molar-refractivity contribution in [2.45, 2.75) is 13.2 Å². The number of halogens is 1. The van der Waals surface area contributed by atoms with Crippen molar-refractivity contribution in [2.75, 3.05) is 7.11 Å². The van der Waals surface area contributed by atoms with Gasteiger partial charge in [-0.25, -0.2) is 5.43 Å². The fourth-order valence-corrected chi connectivity index (χ4v) is 3.43. The molecule has 36 heavy (non-hydrogen) atoms. The summed E-state index contributed by atoms with van der Waals surface area (Å²) in [6.45, 7) is 0.841. The van der Waals surface area contributed by atoms with Crippen molar-refractivity contribution in [3.8, 4) is 17.2 Å². The molecule has 0 aromatic heterocycles. The number of carbonyl (C=O) groups is 1. The number of rotatable bonds is 10. The molecule has 182 valence electrons. The first-order chi connectivity index (χ1) is 17.6. The molecule has 0 fully saturated rings. The van der Waals surface area contributed by atoms with Gasteiger partial charge in [-0.05, 0) is 77.4 Å². The van der Waals surface area contributed by atoms with Gasteiger partial charge < -0.3 is 14.2 Å². The zero-order valence-corrected chi connectivity index (χ0v) is 20.4. The molecule has 0 unspecified atom stereocenters. The van der Waals surface area contributed by atoms with Crippen LogP contribution in [0, 0.1) is 0 Å². The normalized spacial score (nSPS) is 10.7. The van der Waals surface area contributed by atoms with E-state index in [1.54, 1.807) is 37.6 Å². The Morgan fingerprint density at radius 1 is 0.833 bits per heavy atom. The molecule has 1 amide bonds. The number of ether oxygens (including phenoxy) is 3. The highest BCUT2D eigenvalue weighted by molar-refractivity contribution is 6.30. The van der Waals surface area contributed by atoms with Crippen LogP contribution < -0.4 is 19.6 Å². The smallest absolute Gasteiger partial charge is 0.271 e. The van der Waals surface area contributed by atoms with E-state index in [1.165, 1.54) is 0 Å². The van der Waals surface area contributed by atoms with Crippen LogP contribution in [0.25, 0.3) is 0 Å². The first kappa shape index (κ1) is 24.8. The van der Waals surface area contributed by atoms with Crippen LogP contribution in [-0.2, 0) is 13.2 Å². The summed E-state index contributed by atoms with van der Waals surface area (Å²) < 4.78 is 17.3. The molecule has 4 rings (SSSR count). The molecule has 0 bridgehead atoms. The lowest BCUT2D eigenvalue weighted by atomic mass is 10.2. The summed E-state index contributed by atoms with van der Waals surface area (Å²) in [4.78, 5) is 12.1. The zero-order chi connectivity index (χ0) is 25.2. The van der Waals surface area contributed by atoms with Crippen LogP contribution in [0.3, 0.4) is 0 Å². The lowest BCUT2D eigenvalue weighted by molar-refractivity contribution is 0.0955. The average Bonchev–Trinajstić information content (AvgIpc) is 2.92. The van der Waals surface area contributed by atoms with Gasteiger partial charge in [-0.15, -0.1) is 0 Å². The van der Waals surface area contributed by atoms with Crippen molar-refractivity contribution in [1.82, 2.24) is 5.43 Å². The molecular weight excluding hydrogens is 476 g/mol. The molecule has 0 spiro atoms. The van der Waals surface area contributed by atoms with Crippen LogP contribution in [-0.4, -0.2) is 19.2 Å². The van der Waals surface area contributed by atoms with Gasteiger partial charge in [0.2, 0.25) is 0 Å². The SMILES string of the molecule is COc1cc(COc2ccc(/C=N/NC(=O)c3ccc(Cl)cc3)cc2)ccc1OCc1ccccc1. The number of benzene rings is 4. The Balaban J connectivity index is 1.28. The van der Waals surface area contributed by atoms with E-state index < -0.39 is 0 Å². The van der Waals surface area contributed by atoms with Gasteiger partial charge >= 0.3 is 0 Å². The first-order valence-corrected chi connectivity index (χ1v) is 11.6. The Kier molecular flexibility index (Phi) is 8.57. The number of nitrogens with one attached hydrogen (secondary N) is 1. The van der Waals surface area contributed by atoms with Gasteiger partial charge in [-0.1, -0.05) is 48.0 Å². The Morgan fingerprint density at radius 3 is 2.28 bits per heavy atom. The third kappa shape index (κ3) is 7.10. The first-order valence-electron chi connectivity index (χ1n) is 11.3. The Morgan fingerprint density at radius 2 is 1.56 bits per heavy atom. The van der Waals surface area contributed by atoms with Crippen molar-refractivity contribution >= 4 is 23.7 Å². The van der Waals surface area contributed by atoms with Gasteiger partial charge in [0.05, 0.1) is 13.3 Å². The maximum absolute atomic E-state index is 12.1. The molecule has 0 aliphatic rings. The quantitative estimate of drug-likeness (QED) is 0.206. The average molecular weight is 501 g/mol. The van der Waals surface area contributed by atoms with Gasteiger partial charge in [0, 0.05) is 10.6 Å². The van der Waals surface area contributed by atoms with E-state index in [1.807, 2.05) is 72.8 Å². The number of methoxy groups -OCH3 is 1. The predicted octanol–water partition coefficient (Wildman–Crippen LogP) is 6.27. The molecule has 7 heteroatoms. The third-order valence-electron chi connectivity index (χ3n) is 5.24. The monoisotopic (exact) mass is 500 g/mol. The minimum absolute atomic E-state index is 0.310. The lowest BCUT2D eigenvalue weighted by Crippen LogP contribution is -2.17. The highest BCUT2D eigenvalue weighted by Gasteiger charge is 2.07. The van der Waals surface area contributed by atoms with Crippen LogP contribution >= 0.6 is 11.6 Å². The van der Waals surface area contributed by atoms with E-state index in [9.17, 15) is 4.79 Å². The van der Waals surface area contributed by atoms with E-state index in [-0.39, 0.29) is 5.91 Å². The summed E-state index contributed by atoms with van der Waals surface area (Å²) in [7, 11) is 1.62. The minimum atomic E-state index is -0.310. The summed E-state index contributed by atoms with van der Waals surface area (Å²) in [5.41, 5.74) is 5.84. The molecular formula is C29H25ClN2O4. The highest BCUT2D eigenvalue weighted by Crippen LogP contribution is 2.29. The lowest BCUT2D eigenvalue weighted by Gasteiger charge is -2.13. The van der Waals surface area contributed by atoms with E-state index >= 15 is 0 Å².